The summed E-state index contributed by atoms with van der Waals surface area (Å²) in [4.78, 5) is 10.0. The molecule has 1 heterocycles. The highest BCUT2D eigenvalue weighted by Gasteiger charge is 2.08. The lowest BCUT2D eigenvalue weighted by molar-refractivity contribution is 0.601. The molecule has 6 nitrogen and oxygen atoms in total. The summed E-state index contributed by atoms with van der Waals surface area (Å²) in [7, 11) is 0.592. The van der Waals surface area contributed by atoms with Gasteiger partial charge in [-0.3, -0.25) is 4.98 Å². The van der Waals surface area contributed by atoms with Gasteiger partial charge in [-0.2, -0.15) is 0 Å². The van der Waals surface area contributed by atoms with Crippen LogP contribution in [0.25, 0.3) is 0 Å². The smallest absolute Gasteiger partial charge is 0.149 e. The summed E-state index contributed by atoms with van der Waals surface area (Å²) in [5, 5.41) is 2.88. The third-order valence-corrected chi connectivity index (χ3v) is 2.99. The maximum absolute atomic E-state index is 11.0. The molecule has 0 fully saturated rings. The molecular formula is C9H16N4O2S. The van der Waals surface area contributed by atoms with Crippen molar-refractivity contribution in [3.8, 4) is 0 Å². The van der Waals surface area contributed by atoms with E-state index in [-0.39, 0.29) is 5.75 Å². The fraction of sp³-hybridized carbons (Fsp3) is 0.556. The van der Waals surface area contributed by atoms with E-state index in [2.05, 4.69) is 15.3 Å². The third-order valence-electron chi connectivity index (χ3n) is 2.07. The van der Waals surface area contributed by atoms with Crippen LogP contribution >= 0.6 is 0 Å². The molecule has 16 heavy (non-hydrogen) atoms. The van der Waals surface area contributed by atoms with Gasteiger partial charge in [-0.25, -0.2) is 13.4 Å². The highest BCUT2D eigenvalue weighted by Crippen LogP contribution is 2.09. The highest BCUT2D eigenvalue weighted by atomic mass is 32.2. The van der Waals surface area contributed by atoms with Crippen molar-refractivity contribution in [1.82, 2.24) is 9.97 Å². The van der Waals surface area contributed by atoms with Crippen molar-refractivity contribution in [3.63, 3.8) is 0 Å². The predicted molar refractivity (Wildman–Crippen MR) is 64.6 cm³/mol. The van der Waals surface area contributed by atoms with E-state index in [1.54, 1.807) is 31.4 Å². The number of nitrogens with zero attached hydrogens (tertiary/aromatic N) is 3. The van der Waals surface area contributed by atoms with E-state index in [0.717, 1.165) is 0 Å². The fourth-order valence-corrected chi connectivity index (χ4v) is 1.68. The zero-order valence-electron chi connectivity index (χ0n) is 9.64. The Labute approximate surface area is 95.6 Å². The second kappa shape index (κ2) is 5.11. The Morgan fingerprint density at radius 2 is 2.12 bits per heavy atom. The van der Waals surface area contributed by atoms with Crippen molar-refractivity contribution in [2.24, 2.45) is 0 Å². The summed E-state index contributed by atoms with van der Waals surface area (Å²) in [5.41, 5.74) is 0. The van der Waals surface area contributed by atoms with E-state index < -0.39 is 9.84 Å². The molecule has 1 aromatic heterocycles. The fourth-order valence-electron chi connectivity index (χ4n) is 1.08. The largest absolute Gasteiger partial charge is 0.372 e. The van der Waals surface area contributed by atoms with Crippen molar-refractivity contribution < 1.29 is 8.42 Å². The van der Waals surface area contributed by atoms with Crippen molar-refractivity contribution in [1.29, 1.82) is 0 Å². The van der Waals surface area contributed by atoms with Gasteiger partial charge in [0.15, 0.2) is 0 Å². The molecular weight excluding hydrogens is 228 g/mol. The standard InChI is InChI=1S/C9H16N4O2S/c1-10-8-6-11-7-9(12-8)13(2)4-5-16(3,14)15/h6-7H,4-5H2,1-3H3,(H,10,12). The SMILES string of the molecule is CNc1cncc(N(C)CCS(C)(=O)=O)n1. The first-order valence-electron chi connectivity index (χ1n) is 4.81. The van der Waals surface area contributed by atoms with Gasteiger partial charge in [0, 0.05) is 26.9 Å². The number of aromatic nitrogens is 2. The van der Waals surface area contributed by atoms with Crippen LogP contribution in [0.15, 0.2) is 12.4 Å². The molecule has 1 N–H and O–H groups in total. The number of rotatable bonds is 5. The molecule has 0 aliphatic rings. The van der Waals surface area contributed by atoms with Crippen LogP contribution in [0.4, 0.5) is 11.6 Å². The monoisotopic (exact) mass is 244 g/mol. The van der Waals surface area contributed by atoms with Gasteiger partial charge >= 0.3 is 0 Å². The van der Waals surface area contributed by atoms with Crippen LogP contribution in [0.3, 0.4) is 0 Å². The minimum Gasteiger partial charge on any atom is -0.372 e. The van der Waals surface area contributed by atoms with Crippen LogP contribution < -0.4 is 10.2 Å². The van der Waals surface area contributed by atoms with E-state index in [9.17, 15) is 8.42 Å². The lowest BCUT2D eigenvalue weighted by atomic mass is 10.5. The van der Waals surface area contributed by atoms with E-state index in [0.29, 0.717) is 18.2 Å². The average molecular weight is 244 g/mol. The van der Waals surface area contributed by atoms with Gasteiger partial charge in [0.25, 0.3) is 0 Å². The van der Waals surface area contributed by atoms with Crippen LogP contribution in [0.5, 0.6) is 0 Å². The molecule has 0 atom stereocenters. The Balaban J connectivity index is 2.69. The van der Waals surface area contributed by atoms with Crippen molar-refractivity contribution in [2.45, 2.75) is 0 Å². The van der Waals surface area contributed by atoms with Gasteiger partial charge in [-0.1, -0.05) is 0 Å². The van der Waals surface area contributed by atoms with Crippen LogP contribution in [0.1, 0.15) is 0 Å². The van der Waals surface area contributed by atoms with Gasteiger partial charge < -0.3 is 10.2 Å². The first-order chi connectivity index (χ1) is 7.42. The first kappa shape index (κ1) is 12.7. The molecule has 0 aromatic carbocycles. The molecule has 0 spiro atoms. The van der Waals surface area contributed by atoms with Gasteiger partial charge in [-0.15, -0.1) is 0 Å². The van der Waals surface area contributed by atoms with E-state index in [4.69, 9.17) is 0 Å². The summed E-state index contributed by atoms with van der Waals surface area (Å²) >= 11 is 0. The number of hydrogen-bond acceptors (Lipinski definition) is 6. The average Bonchev–Trinajstić information content (AvgIpc) is 2.25. The van der Waals surface area contributed by atoms with E-state index in [1.807, 2.05) is 0 Å². The Kier molecular flexibility index (Phi) is 4.05. The lowest BCUT2D eigenvalue weighted by Crippen LogP contribution is -2.25. The Hall–Kier alpha value is -1.37. The number of sulfone groups is 1. The zero-order chi connectivity index (χ0) is 12.2. The van der Waals surface area contributed by atoms with Gasteiger partial charge in [-0.05, 0) is 0 Å². The quantitative estimate of drug-likeness (QED) is 0.785. The van der Waals surface area contributed by atoms with E-state index >= 15 is 0 Å². The molecule has 90 valence electrons. The summed E-state index contributed by atoms with van der Waals surface area (Å²) < 4.78 is 22.0. The maximum atomic E-state index is 11.0. The van der Waals surface area contributed by atoms with Gasteiger partial charge in [0.1, 0.15) is 21.5 Å². The minimum atomic E-state index is -2.95. The Bertz CT molecular complexity index is 447. The van der Waals surface area contributed by atoms with Crippen molar-refractivity contribution >= 4 is 21.5 Å². The molecule has 1 aromatic rings. The third kappa shape index (κ3) is 4.01. The van der Waals surface area contributed by atoms with Crippen LogP contribution in [-0.4, -0.2) is 51.0 Å². The van der Waals surface area contributed by atoms with Gasteiger partial charge in [0.05, 0.1) is 18.1 Å². The molecule has 1 rings (SSSR count). The van der Waals surface area contributed by atoms with Crippen molar-refractivity contribution in [2.75, 3.05) is 42.9 Å². The van der Waals surface area contributed by atoms with Crippen LogP contribution in [-0.2, 0) is 9.84 Å². The topological polar surface area (TPSA) is 75.2 Å². The van der Waals surface area contributed by atoms with Crippen molar-refractivity contribution in [3.05, 3.63) is 12.4 Å². The van der Waals surface area contributed by atoms with Crippen LogP contribution in [0, 0.1) is 0 Å². The summed E-state index contributed by atoms with van der Waals surface area (Å²) in [6.07, 6.45) is 4.42. The number of hydrogen-bond donors (Lipinski definition) is 1. The molecule has 0 saturated heterocycles. The lowest BCUT2D eigenvalue weighted by Gasteiger charge is -2.17. The summed E-state index contributed by atoms with van der Waals surface area (Å²) in [6, 6.07) is 0. The second-order valence-electron chi connectivity index (χ2n) is 3.56. The number of nitrogens with one attached hydrogen (secondary N) is 1. The predicted octanol–water partition coefficient (Wildman–Crippen LogP) is -0.000900. The normalized spacial score (nSPS) is 11.2. The van der Waals surface area contributed by atoms with Gasteiger partial charge in [0.2, 0.25) is 0 Å². The molecule has 0 aliphatic heterocycles. The Morgan fingerprint density at radius 3 is 2.69 bits per heavy atom. The molecule has 0 bridgehead atoms. The molecule has 0 saturated carbocycles. The molecule has 0 radical (unpaired) electrons. The van der Waals surface area contributed by atoms with Crippen LogP contribution in [0.2, 0.25) is 0 Å². The minimum absolute atomic E-state index is 0.106. The molecule has 0 unspecified atom stereocenters. The molecule has 0 aliphatic carbocycles. The second-order valence-corrected chi connectivity index (χ2v) is 5.82. The maximum Gasteiger partial charge on any atom is 0.149 e. The molecule has 7 heteroatoms. The molecule has 0 amide bonds. The van der Waals surface area contributed by atoms with E-state index in [1.165, 1.54) is 6.26 Å². The Morgan fingerprint density at radius 1 is 1.44 bits per heavy atom. The zero-order valence-corrected chi connectivity index (χ0v) is 10.5. The number of anilines is 2. The first-order valence-corrected chi connectivity index (χ1v) is 6.87. The summed E-state index contributed by atoms with van der Waals surface area (Å²) in [5.74, 6) is 1.41. The highest BCUT2D eigenvalue weighted by molar-refractivity contribution is 7.90. The summed E-state index contributed by atoms with van der Waals surface area (Å²) in [6.45, 7) is 0.403.